The van der Waals surface area contributed by atoms with Gasteiger partial charge in [-0.3, -0.25) is 0 Å². The second-order valence-corrected chi connectivity index (χ2v) is 7.74. The Hall–Kier alpha value is -1.04. The fourth-order valence-electron chi connectivity index (χ4n) is 2.06. The Morgan fingerprint density at radius 1 is 0.842 bits per heavy atom. The van der Waals surface area contributed by atoms with Gasteiger partial charge in [0.15, 0.2) is 6.17 Å². The van der Waals surface area contributed by atoms with Gasteiger partial charge in [-0.15, -0.1) is 11.3 Å². The molecular formula is C14H10N2S3. The van der Waals surface area contributed by atoms with Gasteiger partial charge in [0.1, 0.15) is 14.7 Å². The summed E-state index contributed by atoms with van der Waals surface area (Å²) in [6.07, 6.45) is 0.0855. The van der Waals surface area contributed by atoms with Gasteiger partial charge in [0, 0.05) is 5.56 Å². The SMILES string of the molecule is c1ccc(C2=N[C@@H]3N=C(c4cccs4)S[C@H]3S2)cc1. The minimum Gasteiger partial charge on any atom is -0.249 e. The molecule has 5 heteroatoms. The van der Waals surface area contributed by atoms with Crippen molar-refractivity contribution in [1.82, 2.24) is 0 Å². The lowest BCUT2D eigenvalue weighted by Gasteiger charge is -2.03. The predicted molar refractivity (Wildman–Crippen MR) is 86.6 cm³/mol. The minimum atomic E-state index is 0.0855. The molecule has 4 rings (SSSR count). The van der Waals surface area contributed by atoms with Crippen LogP contribution in [0.1, 0.15) is 10.4 Å². The van der Waals surface area contributed by atoms with E-state index in [2.05, 4.69) is 41.8 Å². The van der Waals surface area contributed by atoms with Crippen LogP contribution in [-0.4, -0.2) is 20.8 Å². The van der Waals surface area contributed by atoms with Gasteiger partial charge >= 0.3 is 0 Å². The maximum absolute atomic E-state index is 4.76. The molecule has 0 unspecified atom stereocenters. The lowest BCUT2D eigenvalue weighted by atomic mass is 10.2. The van der Waals surface area contributed by atoms with Crippen molar-refractivity contribution < 1.29 is 0 Å². The maximum Gasteiger partial charge on any atom is 0.163 e. The molecule has 0 radical (unpaired) electrons. The number of fused-ring (bicyclic) bond motifs is 1. The molecule has 0 saturated heterocycles. The second-order valence-electron chi connectivity index (χ2n) is 4.23. The topological polar surface area (TPSA) is 24.7 Å². The molecule has 2 nitrogen and oxygen atoms in total. The van der Waals surface area contributed by atoms with Crippen molar-refractivity contribution in [2.24, 2.45) is 9.98 Å². The summed E-state index contributed by atoms with van der Waals surface area (Å²) in [6.45, 7) is 0. The molecule has 2 aromatic rings. The van der Waals surface area contributed by atoms with E-state index in [0.29, 0.717) is 4.58 Å². The van der Waals surface area contributed by atoms with Crippen LogP contribution in [-0.2, 0) is 0 Å². The molecule has 2 atom stereocenters. The molecule has 0 fully saturated rings. The number of thiophene rings is 1. The molecule has 0 bridgehead atoms. The van der Waals surface area contributed by atoms with Crippen LogP contribution in [0.3, 0.4) is 0 Å². The summed E-state index contributed by atoms with van der Waals surface area (Å²) in [6, 6.07) is 14.6. The molecule has 0 amide bonds. The van der Waals surface area contributed by atoms with Gasteiger partial charge in [0.05, 0.1) is 4.88 Å². The highest BCUT2D eigenvalue weighted by atomic mass is 32.2. The zero-order valence-electron chi connectivity index (χ0n) is 9.89. The van der Waals surface area contributed by atoms with E-state index in [0.717, 1.165) is 10.1 Å². The lowest BCUT2D eigenvalue weighted by molar-refractivity contribution is 0.809. The van der Waals surface area contributed by atoms with Crippen LogP contribution < -0.4 is 0 Å². The third kappa shape index (κ3) is 2.16. The first-order valence-corrected chi connectivity index (χ1v) is 8.62. The normalized spacial score (nSPS) is 25.1. The van der Waals surface area contributed by atoms with Crippen molar-refractivity contribution in [3.05, 3.63) is 58.3 Å². The third-order valence-corrected chi connectivity index (χ3v) is 6.60. The summed E-state index contributed by atoms with van der Waals surface area (Å²) < 4.78 is 0.410. The van der Waals surface area contributed by atoms with E-state index in [-0.39, 0.29) is 6.17 Å². The van der Waals surface area contributed by atoms with Crippen molar-refractivity contribution >= 4 is 44.9 Å². The number of nitrogens with zero attached hydrogens (tertiary/aromatic N) is 2. The van der Waals surface area contributed by atoms with Gasteiger partial charge < -0.3 is 0 Å². The summed E-state index contributed by atoms with van der Waals surface area (Å²) in [4.78, 5) is 10.8. The number of benzene rings is 1. The van der Waals surface area contributed by atoms with Crippen LogP contribution in [0.2, 0.25) is 0 Å². The van der Waals surface area contributed by atoms with Crippen LogP contribution in [0.5, 0.6) is 0 Å². The van der Waals surface area contributed by atoms with Crippen LogP contribution in [0.4, 0.5) is 0 Å². The molecule has 0 spiro atoms. The Morgan fingerprint density at radius 3 is 2.37 bits per heavy atom. The van der Waals surface area contributed by atoms with Gasteiger partial charge in [-0.25, -0.2) is 9.98 Å². The third-order valence-electron chi connectivity index (χ3n) is 2.95. The zero-order valence-corrected chi connectivity index (χ0v) is 12.3. The highest BCUT2D eigenvalue weighted by Gasteiger charge is 2.37. The van der Waals surface area contributed by atoms with Crippen molar-refractivity contribution in [1.29, 1.82) is 0 Å². The lowest BCUT2D eigenvalue weighted by Crippen LogP contribution is -2.03. The minimum absolute atomic E-state index is 0.0855. The molecule has 1 aromatic heterocycles. The van der Waals surface area contributed by atoms with Crippen molar-refractivity contribution in [3.8, 4) is 0 Å². The van der Waals surface area contributed by atoms with E-state index in [1.807, 2.05) is 29.6 Å². The zero-order chi connectivity index (χ0) is 12.7. The Balaban J connectivity index is 1.62. The number of thioether (sulfide) groups is 2. The first-order chi connectivity index (χ1) is 9.40. The second kappa shape index (κ2) is 4.81. The first kappa shape index (κ1) is 11.8. The Labute approximate surface area is 124 Å². The molecule has 19 heavy (non-hydrogen) atoms. The summed E-state index contributed by atoms with van der Waals surface area (Å²) in [5.74, 6) is 0. The molecule has 94 valence electrons. The number of rotatable bonds is 2. The number of hydrogen-bond acceptors (Lipinski definition) is 5. The molecule has 0 saturated carbocycles. The van der Waals surface area contributed by atoms with Crippen LogP contribution in [0, 0.1) is 0 Å². The molecule has 1 aromatic carbocycles. The average Bonchev–Trinajstić information content (AvgIpc) is 3.14. The molecule has 2 aliphatic heterocycles. The number of aliphatic imine (C=N–C) groups is 2. The van der Waals surface area contributed by atoms with Gasteiger partial charge in [-0.1, -0.05) is 59.9 Å². The van der Waals surface area contributed by atoms with Crippen molar-refractivity contribution in [3.63, 3.8) is 0 Å². The maximum atomic E-state index is 4.76. The highest BCUT2D eigenvalue weighted by Crippen LogP contribution is 2.44. The Bertz CT molecular complexity index is 647. The smallest absolute Gasteiger partial charge is 0.163 e. The van der Waals surface area contributed by atoms with Crippen LogP contribution >= 0.6 is 34.9 Å². The molecule has 2 aliphatic rings. The van der Waals surface area contributed by atoms with Gasteiger partial charge in [-0.2, -0.15) is 0 Å². The van der Waals surface area contributed by atoms with E-state index in [9.17, 15) is 0 Å². The van der Waals surface area contributed by atoms with Gasteiger partial charge in [0.2, 0.25) is 0 Å². The monoisotopic (exact) mass is 302 g/mol. The molecular weight excluding hydrogens is 292 g/mol. The molecule has 0 N–H and O–H groups in total. The molecule has 3 heterocycles. The fraction of sp³-hybridized carbons (Fsp3) is 0.143. The highest BCUT2D eigenvalue weighted by molar-refractivity contribution is 8.31. The standard InChI is InChI=1S/C14H10N2S3/c1-2-5-9(6-3-1)12-15-11-14(18-12)19-13(16-11)10-7-4-8-17-10/h1-8,11,14H/t11-,14-/m1/s1. The van der Waals surface area contributed by atoms with E-state index in [1.165, 1.54) is 10.4 Å². The van der Waals surface area contributed by atoms with Crippen LogP contribution in [0.15, 0.2) is 57.8 Å². The largest absolute Gasteiger partial charge is 0.249 e. The van der Waals surface area contributed by atoms with Crippen molar-refractivity contribution in [2.45, 2.75) is 10.7 Å². The first-order valence-electron chi connectivity index (χ1n) is 5.98. The van der Waals surface area contributed by atoms with E-state index in [4.69, 9.17) is 9.98 Å². The van der Waals surface area contributed by atoms with Crippen molar-refractivity contribution in [2.75, 3.05) is 0 Å². The summed E-state index contributed by atoms with van der Waals surface area (Å²) in [5.41, 5.74) is 1.20. The van der Waals surface area contributed by atoms with Gasteiger partial charge in [-0.05, 0) is 11.4 Å². The Kier molecular flexibility index (Phi) is 2.98. The average molecular weight is 302 g/mol. The van der Waals surface area contributed by atoms with Gasteiger partial charge in [0.25, 0.3) is 0 Å². The van der Waals surface area contributed by atoms with E-state index < -0.39 is 0 Å². The summed E-state index contributed by atoms with van der Waals surface area (Å²) in [5, 5.41) is 4.36. The van der Waals surface area contributed by atoms with Crippen LogP contribution in [0.25, 0.3) is 0 Å². The molecule has 0 aliphatic carbocycles. The van der Waals surface area contributed by atoms with E-state index >= 15 is 0 Å². The summed E-state index contributed by atoms with van der Waals surface area (Å²) in [7, 11) is 0. The fourth-order valence-corrected chi connectivity index (χ4v) is 5.43. The number of hydrogen-bond donors (Lipinski definition) is 0. The quantitative estimate of drug-likeness (QED) is 0.834. The van der Waals surface area contributed by atoms with E-state index in [1.54, 1.807) is 11.3 Å². The predicted octanol–water partition coefficient (Wildman–Crippen LogP) is 4.09. The summed E-state index contributed by atoms with van der Waals surface area (Å²) >= 11 is 5.43. The Morgan fingerprint density at radius 2 is 1.63 bits per heavy atom.